The molecule has 2 heterocycles. The number of para-hydroxylation sites is 1. The molecule has 2 aliphatic rings. The van der Waals surface area contributed by atoms with E-state index < -0.39 is 11.0 Å². The molecule has 1 aliphatic carbocycles. The van der Waals surface area contributed by atoms with Gasteiger partial charge in [-0.25, -0.2) is 4.21 Å². The van der Waals surface area contributed by atoms with Crippen molar-refractivity contribution in [3.8, 4) is 0 Å². The monoisotopic (exact) mass is 524 g/mol. The number of carbonyl (C=O) groups excluding carboxylic acids is 1. The van der Waals surface area contributed by atoms with Crippen LogP contribution in [0.3, 0.4) is 0 Å². The summed E-state index contributed by atoms with van der Waals surface area (Å²) in [6, 6.07) is 27.7. The minimum absolute atomic E-state index is 0.0516. The summed E-state index contributed by atoms with van der Waals surface area (Å²) < 4.78 is 16.1. The van der Waals surface area contributed by atoms with Crippen molar-refractivity contribution in [2.75, 3.05) is 30.9 Å². The first-order valence-corrected chi connectivity index (χ1v) is 14.5. The molecule has 1 saturated carbocycles. The highest BCUT2D eigenvalue weighted by Crippen LogP contribution is 2.44. The molecular weight excluding hydrogens is 492 g/mol. The van der Waals surface area contributed by atoms with Gasteiger partial charge in [0.2, 0.25) is 0 Å². The van der Waals surface area contributed by atoms with Gasteiger partial charge >= 0.3 is 0 Å². The maximum atomic E-state index is 13.3. The van der Waals surface area contributed by atoms with Crippen LogP contribution in [0.2, 0.25) is 0 Å². The number of hydrogen-bond acceptors (Lipinski definition) is 4. The molecule has 1 aliphatic heterocycles. The number of carbonyl (C=O) groups is 1. The van der Waals surface area contributed by atoms with Gasteiger partial charge in [0.05, 0.1) is 10.4 Å². The van der Waals surface area contributed by atoms with E-state index in [0.29, 0.717) is 16.1 Å². The van der Waals surface area contributed by atoms with Crippen molar-refractivity contribution in [1.82, 2.24) is 14.8 Å². The number of rotatable bonds is 6. The van der Waals surface area contributed by atoms with Crippen LogP contribution in [0.15, 0.2) is 96.0 Å². The molecule has 1 aromatic heterocycles. The van der Waals surface area contributed by atoms with E-state index in [1.165, 1.54) is 31.2 Å². The van der Waals surface area contributed by atoms with Gasteiger partial charge in [-0.3, -0.25) is 14.7 Å². The summed E-state index contributed by atoms with van der Waals surface area (Å²) in [5.74, 6) is 0.0516. The van der Waals surface area contributed by atoms with Crippen LogP contribution in [0.5, 0.6) is 0 Å². The van der Waals surface area contributed by atoms with Crippen LogP contribution in [0, 0.1) is 0 Å². The van der Waals surface area contributed by atoms with E-state index in [1.54, 1.807) is 6.20 Å². The van der Waals surface area contributed by atoms with Crippen LogP contribution < -0.4 is 4.72 Å². The van der Waals surface area contributed by atoms with Gasteiger partial charge in [-0.05, 0) is 54.8 Å². The molecule has 2 fully saturated rings. The van der Waals surface area contributed by atoms with E-state index in [1.807, 2.05) is 59.5 Å². The standard InChI is InChI=1S/C31H32N4O2S/c36-30(34-20-22-35(23-21-34)31(17-4-5-18-31)26-10-2-1-3-11-26)25-13-15-27(16-14-25)33-38(37)28-12-6-8-24-9-7-19-32-29(24)28/h1-3,6-16,19,33H,4-5,17-18,20-23H2. The Hall–Kier alpha value is -3.55. The quantitative estimate of drug-likeness (QED) is 0.357. The number of amides is 1. The zero-order valence-electron chi connectivity index (χ0n) is 21.4. The van der Waals surface area contributed by atoms with Gasteiger partial charge in [0.25, 0.3) is 5.91 Å². The first-order valence-electron chi connectivity index (χ1n) is 13.4. The SMILES string of the molecule is O=C(c1ccc(NS(=O)c2cccc3cccnc23)cc1)N1CCN(C2(c3ccccc3)CCCC2)CC1. The Morgan fingerprint density at radius 1 is 0.816 bits per heavy atom. The molecule has 6 rings (SSSR count). The molecule has 4 aromatic rings. The maximum absolute atomic E-state index is 13.3. The van der Waals surface area contributed by atoms with E-state index in [4.69, 9.17) is 0 Å². The fourth-order valence-electron chi connectivity index (χ4n) is 6.08. The molecule has 3 aromatic carbocycles. The second-order valence-electron chi connectivity index (χ2n) is 10.2. The number of nitrogens with one attached hydrogen (secondary N) is 1. The van der Waals surface area contributed by atoms with Crippen LogP contribution in [0.25, 0.3) is 10.9 Å². The van der Waals surface area contributed by atoms with Crippen LogP contribution in [0.1, 0.15) is 41.6 Å². The van der Waals surface area contributed by atoms with Gasteiger partial charge in [0.15, 0.2) is 11.0 Å². The maximum Gasteiger partial charge on any atom is 0.253 e. The topological polar surface area (TPSA) is 65.5 Å². The molecule has 1 N–H and O–H groups in total. The Bertz CT molecular complexity index is 1440. The fourth-order valence-corrected chi connectivity index (χ4v) is 7.09. The predicted molar refractivity (Wildman–Crippen MR) is 152 cm³/mol. The molecule has 6 nitrogen and oxygen atoms in total. The molecule has 38 heavy (non-hydrogen) atoms. The van der Waals surface area contributed by atoms with Crippen molar-refractivity contribution in [3.05, 3.63) is 102 Å². The Kier molecular flexibility index (Phi) is 6.96. The van der Waals surface area contributed by atoms with Gasteiger partial charge in [0.1, 0.15) is 0 Å². The van der Waals surface area contributed by atoms with Crippen molar-refractivity contribution < 1.29 is 9.00 Å². The summed E-state index contributed by atoms with van der Waals surface area (Å²) in [5.41, 5.74) is 3.60. The smallest absolute Gasteiger partial charge is 0.253 e. The van der Waals surface area contributed by atoms with Gasteiger partial charge < -0.3 is 9.62 Å². The summed E-state index contributed by atoms with van der Waals surface area (Å²) in [7, 11) is -1.47. The lowest BCUT2D eigenvalue weighted by molar-refractivity contribution is 0.0278. The van der Waals surface area contributed by atoms with E-state index in [0.717, 1.165) is 37.1 Å². The molecular formula is C31H32N4O2S. The number of pyridine rings is 1. The molecule has 1 unspecified atom stereocenters. The van der Waals surface area contributed by atoms with Crippen molar-refractivity contribution in [2.45, 2.75) is 36.1 Å². The van der Waals surface area contributed by atoms with Crippen molar-refractivity contribution in [3.63, 3.8) is 0 Å². The van der Waals surface area contributed by atoms with E-state index >= 15 is 0 Å². The Labute approximate surface area is 226 Å². The third-order valence-corrected chi connectivity index (χ3v) is 9.20. The van der Waals surface area contributed by atoms with Gasteiger partial charge in [0, 0.05) is 54.6 Å². The van der Waals surface area contributed by atoms with Crippen LogP contribution in [-0.4, -0.2) is 51.1 Å². The number of fused-ring (bicyclic) bond motifs is 1. The number of anilines is 1. The summed E-state index contributed by atoms with van der Waals surface area (Å²) in [6.45, 7) is 3.23. The van der Waals surface area contributed by atoms with E-state index in [2.05, 4.69) is 44.9 Å². The highest BCUT2D eigenvalue weighted by atomic mass is 32.2. The van der Waals surface area contributed by atoms with Crippen molar-refractivity contribution in [1.29, 1.82) is 0 Å². The number of benzene rings is 3. The number of hydrogen-bond donors (Lipinski definition) is 1. The summed E-state index contributed by atoms with van der Waals surface area (Å²) >= 11 is 0. The number of nitrogens with zero attached hydrogens (tertiary/aromatic N) is 3. The third kappa shape index (κ3) is 4.72. The first kappa shape index (κ1) is 24.8. The van der Waals surface area contributed by atoms with Gasteiger partial charge in [-0.1, -0.05) is 61.4 Å². The summed E-state index contributed by atoms with van der Waals surface area (Å²) in [4.78, 5) is 22.9. The van der Waals surface area contributed by atoms with E-state index in [-0.39, 0.29) is 11.4 Å². The minimum Gasteiger partial charge on any atom is -0.336 e. The highest BCUT2D eigenvalue weighted by Gasteiger charge is 2.42. The second-order valence-corrected chi connectivity index (χ2v) is 11.3. The van der Waals surface area contributed by atoms with Gasteiger partial charge in [-0.15, -0.1) is 0 Å². The average Bonchev–Trinajstić information content (AvgIpc) is 3.49. The second kappa shape index (κ2) is 10.7. The minimum atomic E-state index is -1.47. The molecule has 1 saturated heterocycles. The molecule has 0 bridgehead atoms. The summed E-state index contributed by atoms with van der Waals surface area (Å²) in [5, 5.41) is 0.948. The largest absolute Gasteiger partial charge is 0.336 e. The Morgan fingerprint density at radius 2 is 1.53 bits per heavy atom. The van der Waals surface area contributed by atoms with Crippen molar-refractivity contribution >= 4 is 33.5 Å². The number of aromatic nitrogens is 1. The van der Waals surface area contributed by atoms with Crippen LogP contribution in [0.4, 0.5) is 5.69 Å². The lowest BCUT2D eigenvalue weighted by atomic mass is 9.85. The first-order chi connectivity index (χ1) is 18.6. The zero-order valence-corrected chi connectivity index (χ0v) is 22.2. The average molecular weight is 525 g/mol. The lowest BCUT2D eigenvalue weighted by Gasteiger charge is -2.46. The molecule has 0 radical (unpaired) electrons. The van der Waals surface area contributed by atoms with Gasteiger partial charge in [-0.2, -0.15) is 0 Å². The predicted octanol–water partition coefficient (Wildman–Crippen LogP) is 5.60. The lowest BCUT2D eigenvalue weighted by Crippen LogP contribution is -2.55. The highest BCUT2D eigenvalue weighted by molar-refractivity contribution is 7.86. The van der Waals surface area contributed by atoms with E-state index in [9.17, 15) is 9.00 Å². The number of piperazine rings is 1. The fraction of sp³-hybridized carbons (Fsp3) is 0.290. The molecule has 1 amide bonds. The summed E-state index contributed by atoms with van der Waals surface area (Å²) in [6.07, 6.45) is 6.61. The molecule has 194 valence electrons. The molecule has 0 spiro atoms. The van der Waals surface area contributed by atoms with Crippen LogP contribution >= 0.6 is 0 Å². The third-order valence-electron chi connectivity index (χ3n) is 8.05. The molecule has 7 heteroatoms. The van der Waals surface area contributed by atoms with Crippen molar-refractivity contribution in [2.24, 2.45) is 0 Å². The normalized spacial score (nSPS) is 18.4. The zero-order chi connectivity index (χ0) is 26.0. The molecule has 1 atom stereocenters. The Balaban J connectivity index is 1.10. The Morgan fingerprint density at radius 3 is 2.26 bits per heavy atom. The van der Waals surface area contributed by atoms with Crippen LogP contribution in [-0.2, 0) is 16.5 Å².